The normalized spacial score (nSPS) is 25.1. The number of rotatable bonds is 2. The SMILES string of the molecule is CO[C@H]1C[NH+](C(=O)OC(C)(C)C)C[C@@H]1N(C)C(=O)OC(C)(C)C. The Balaban J connectivity index is 2.75. The van der Waals surface area contributed by atoms with Crippen molar-refractivity contribution in [2.75, 3.05) is 27.2 Å². The van der Waals surface area contributed by atoms with E-state index in [9.17, 15) is 9.59 Å². The molecule has 0 aromatic heterocycles. The Morgan fingerprint density at radius 1 is 1.00 bits per heavy atom. The first-order valence-electron chi connectivity index (χ1n) is 7.90. The Kier molecular flexibility index (Phi) is 6.04. The first-order chi connectivity index (χ1) is 10.3. The molecule has 1 N–H and O–H groups in total. The number of nitrogens with zero attached hydrogens (tertiary/aromatic N) is 1. The van der Waals surface area contributed by atoms with Gasteiger partial charge < -0.3 is 14.2 Å². The smallest absolute Gasteiger partial charge is 0.444 e. The average Bonchev–Trinajstić information content (AvgIpc) is 2.77. The summed E-state index contributed by atoms with van der Waals surface area (Å²) in [6.07, 6.45) is -0.982. The van der Waals surface area contributed by atoms with Crippen LogP contribution in [-0.2, 0) is 14.2 Å². The maximum absolute atomic E-state index is 12.2. The molecule has 7 nitrogen and oxygen atoms in total. The minimum Gasteiger partial charge on any atom is -0.444 e. The van der Waals surface area contributed by atoms with Crippen LogP contribution in [0, 0.1) is 0 Å². The number of likely N-dealkylation sites (N-methyl/N-ethyl adjacent to an activating group) is 1. The highest BCUT2D eigenvalue weighted by atomic mass is 16.6. The van der Waals surface area contributed by atoms with E-state index in [1.54, 1.807) is 14.2 Å². The second-order valence-electron chi connectivity index (χ2n) is 7.95. The van der Waals surface area contributed by atoms with E-state index in [0.717, 1.165) is 0 Å². The van der Waals surface area contributed by atoms with Crippen LogP contribution in [0.25, 0.3) is 0 Å². The van der Waals surface area contributed by atoms with Gasteiger partial charge in [0.2, 0.25) is 0 Å². The fraction of sp³-hybridized carbons (Fsp3) is 0.875. The van der Waals surface area contributed by atoms with E-state index in [4.69, 9.17) is 14.2 Å². The number of quaternary nitrogens is 1. The van der Waals surface area contributed by atoms with Crippen molar-refractivity contribution in [2.24, 2.45) is 0 Å². The van der Waals surface area contributed by atoms with Gasteiger partial charge >= 0.3 is 12.2 Å². The fourth-order valence-electron chi connectivity index (χ4n) is 2.46. The van der Waals surface area contributed by atoms with Crippen LogP contribution in [0.15, 0.2) is 0 Å². The first kappa shape index (κ1) is 19.7. The number of amides is 2. The molecule has 0 saturated carbocycles. The second kappa shape index (κ2) is 7.05. The van der Waals surface area contributed by atoms with E-state index < -0.39 is 17.3 Å². The van der Waals surface area contributed by atoms with Crippen molar-refractivity contribution in [1.82, 2.24) is 4.90 Å². The summed E-state index contributed by atoms with van der Waals surface area (Å²) in [5.74, 6) is 0. The molecule has 3 atom stereocenters. The Morgan fingerprint density at radius 3 is 1.96 bits per heavy atom. The van der Waals surface area contributed by atoms with Gasteiger partial charge in [-0.25, -0.2) is 9.69 Å². The Morgan fingerprint density at radius 2 is 1.52 bits per heavy atom. The lowest BCUT2D eigenvalue weighted by molar-refractivity contribution is -0.813. The molecule has 0 spiro atoms. The molecule has 0 bridgehead atoms. The van der Waals surface area contributed by atoms with Crippen LogP contribution in [-0.4, -0.2) is 67.7 Å². The van der Waals surface area contributed by atoms with Crippen LogP contribution in [0.5, 0.6) is 0 Å². The molecule has 7 heteroatoms. The standard InChI is InChI=1S/C16H30N2O5/c1-15(2,3)22-13(19)17(7)11-9-18(10-12(11)21-8)14(20)23-16(4,5)6/h11-12H,9-10H2,1-8H3/p+1/t11-,12-/m0/s1. The van der Waals surface area contributed by atoms with E-state index in [0.29, 0.717) is 18.0 Å². The molecule has 1 unspecified atom stereocenters. The highest BCUT2D eigenvalue weighted by molar-refractivity contribution is 5.68. The second-order valence-corrected chi connectivity index (χ2v) is 7.95. The molecule has 2 amide bonds. The van der Waals surface area contributed by atoms with Crippen molar-refractivity contribution in [3.63, 3.8) is 0 Å². The quantitative estimate of drug-likeness (QED) is 0.820. The highest BCUT2D eigenvalue weighted by Gasteiger charge is 2.46. The van der Waals surface area contributed by atoms with Crippen molar-refractivity contribution in [3.05, 3.63) is 0 Å². The minimum absolute atomic E-state index is 0.239. The first-order valence-corrected chi connectivity index (χ1v) is 7.90. The third-order valence-corrected chi connectivity index (χ3v) is 3.50. The van der Waals surface area contributed by atoms with Crippen LogP contribution in [0.1, 0.15) is 41.5 Å². The predicted molar refractivity (Wildman–Crippen MR) is 85.5 cm³/mol. The van der Waals surface area contributed by atoms with Crippen LogP contribution < -0.4 is 4.90 Å². The van der Waals surface area contributed by atoms with Crippen LogP contribution >= 0.6 is 0 Å². The maximum Gasteiger partial charge on any atom is 0.515 e. The lowest BCUT2D eigenvalue weighted by Gasteiger charge is -2.29. The third-order valence-electron chi connectivity index (χ3n) is 3.50. The van der Waals surface area contributed by atoms with Crippen molar-refractivity contribution < 1.29 is 28.7 Å². The number of hydrogen-bond donors (Lipinski definition) is 1. The number of carbonyl (C=O) groups is 2. The molecule has 134 valence electrons. The molecule has 0 radical (unpaired) electrons. The van der Waals surface area contributed by atoms with E-state index in [2.05, 4.69) is 0 Å². The van der Waals surface area contributed by atoms with Gasteiger partial charge in [-0.2, -0.15) is 4.79 Å². The van der Waals surface area contributed by atoms with Gasteiger partial charge in [0.05, 0.1) is 0 Å². The lowest BCUT2D eigenvalue weighted by Crippen LogP contribution is -3.13. The summed E-state index contributed by atoms with van der Waals surface area (Å²) >= 11 is 0. The van der Waals surface area contributed by atoms with Crippen molar-refractivity contribution in [2.45, 2.75) is 64.9 Å². The third kappa shape index (κ3) is 5.99. The number of likely N-dealkylation sites (tertiary alicyclic amines) is 1. The number of nitrogens with one attached hydrogen (secondary N) is 1. The van der Waals surface area contributed by atoms with Gasteiger partial charge in [0, 0.05) is 14.2 Å². The summed E-state index contributed by atoms with van der Waals surface area (Å²) in [7, 11) is 3.25. The van der Waals surface area contributed by atoms with Gasteiger partial charge in [0.15, 0.2) is 0 Å². The largest absolute Gasteiger partial charge is 0.515 e. The van der Waals surface area contributed by atoms with Gasteiger partial charge in [-0.05, 0) is 41.5 Å². The van der Waals surface area contributed by atoms with Gasteiger partial charge in [0.1, 0.15) is 36.4 Å². The number of hydrogen-bond acceptors (Lipinski definition) is 5. The van der Waals surface area contributed by atoms with Gasteiger partial charge in [-0.15, -0.1) is 0 Å². The predicted octanol–water partition coefficient (Wildman–Crippen LogP) is 1.07. The highest BCUT2D eigenvalue weighted by Crippen LogP contribution is 2.15. The summed E-state index contributed by atoms with van der Waals surface area (Å²) in [5.41, 5.74) is -1.11. The maximum atomic E-state index is 12.2. The summed E-state index contributed by atoms with van der Waals surface area (Å²) in [5, 5.41) is 0. The Hall–Kier alpha value is -1.34. The van der Waals surface area contributed by atoms with E-state index in [-0.39, 0.29) is 18.2 Å². The number of carbonyl (C=O) groups excluding carboxylic acids is 2. The Bertz CT molecular complexity index is 439. The zero-order valence-electron chi connectivity index (χ0n) is 15.6. The van der Waals surface area contributed by atoms with Crippen molar-refractivity contribution in [1.29, 1.82) is 0 Å². The Labute approximate surface area is 138 Å². The van der Waals surface area contributed by atoms with Gasteiger partial charge in [-0.1, -0.05) is 0 Å². The molecule has 1 saturated heterocycles. The molecule has 1 aliphatic heterocycles. The molecule has 1 fully saturated rings. The van der Waals surface area contributed by atoms with E-state index >= 15 is 0 Å². The van der Waals surface area contributed by atoms with Crippen molar-refractivity contribution in [3.8, 4) is 0 Å². The minimum atomic E-state index is -0.565. The molecule has 0 aromatic carbocycles. The summed E-state index contributed by atoms with van der Waals surface area (Å²) in [6, 6.07) is -0.239. The molecule has 1 aliphatic rings. The lowest BCUT2D eigenvalue weighted by atomic mass is 10.2. The van der Waals surface area contributed by atoms with Crippen LogP contribution in [0.3, 0.4) is 0 Å². The van der Waals surface area contributed by atoms with E-state index in [1.807, 2.05) is 41.5 Å². The molecule has 1 heterocycles. The number of alkyl carbamates (subject to hydrolysis) is 2. The number of methoxy groups -OCH3 is 1. The molecule has 1 rings (SSSR count). The molecular formula is C16H31N2O5+. The summed E-state index contributed by atoms with van der Waals surface area (Å²) < 4.78 is 16.3. The molecule has 0 aliphatic carbocycles. The van der Waals surface area contributed by atoms with Crippen LogP contribution in [0.4, 0.5) is 9.59 Å². The monoisotopic (exact) mass is 331 g/mol. The number of ether oxygens (including phenoxy) is 3. The zero-order valence-corrected chi connectivity index (χ0v) is 15.6. The molecular weight excluding hydrogens is 300 g/mol. The van der Waals surface area contributed by atoms with Gasteiger partial charge in [0.25, 0.3) is 0 Å². The zero-order chi connectivity index (χ0) is 18.0. The van der Waals surface area contributed by atoms with Crippen LogP contribution in [0.2, 0.25) is 0 Å². The summed E-state index contributed by atoms with van der Waals surface area (Å²) in [4.78, 5) is 26.6. The molecule has 23 heavy (non-hydrogen) atoms. The van der Waals surface area contributed by atoms with Crippen molar-refractivity contribution >= 4 is 12.2 Å². The topological polar surface area (TPSA) is 69.5 Å². The average molecular weight is 331 g/mol. The fourth-order valence-corrected chi connectivity index (χ4v) is 2.46. The summed E-state index contributed by atoms with van der Waals surface area (Å²) in [6.45, 7) is 11.8. The van der Waals surface area contributed by atoms with Gasteiger partial charge in [-0.3, -0.25) is 4.90 Å². The molecule has 0 aromatic rings. The van der Waals surface area contributed by atoms with E-state index in [1.165, 1.54) is 4.90 Å².